The number of nitro benzene ring substituents is 1. The van der Waals surface area contributed by atoms with Gasteiger partial charge in [-0.3, -0.25) is 10.1 Å². The first kappa shape index (κ1) is 14.0. The summed E-state index contributed by atoms with van der Waals surface area (Å²) in [5, 5.41) is 17.4. The van der Waals surface area contributed by atoms with E-state index in [2.05, 4.69) is 10.3 Å². The van der Waals surface area contributed by atoms with Gasteiger partial charge >= 0.3 is 0 Å². The Hall–Kier alpha value is -1.99. The van der Waals surface area contributed by atoms with Gasteiger partial charge in [0.15, 0.2) is 0 Å². The van der Waals surface area contributed by atoms with Crippen molar-refractivity contribution >= 4 is 44.3 Å². The van der Waals surface area contributed by atoms with E-state index in [9.17, 15) is 10.1 Å². The molecule has 2 aromatic heterocycles. The van der Waals surface area contributed by atoms with Crippen LogP contribution in [0.15, 0.2) is 23.6 Å². The molecular weight excluding hydrogens is 306 g/mol. The molecule has 0 bridgehead atoms. The second kappa shape index (κ2) is 5.42. The molecule has 0 atom stereocenters. The van der Waals surface area contributed by atoms with Gasteiger partial charge in [-0.25, -0.2) is 4.98 Å². The Balaban J connectivity index is 1.97. The Kier molecular flexibility index (Phi) is 3.60. The number of anilines is 1. The second-order valence-corrected chi connectivity index (χ2v) is 6.94. The lowest BCUT2D eigenvalue weighted by Crippen LogP contribution is -2.02. The number of nitrogens with one attached hydrogen (secondary N) is 1. The molecule has 0 aliphatic carbocycles. The van der Waals surface area contributed by atoms with E-state index in [1.165, 1.54) is 21.8 Å². The van der Waals surface area contributed by atoms with Gasteiger partial charge in [-0.05, 0) is 36.9 Å². The summed E-state index contributed by atoms with van der Waals surface area (Å²) in [6.45, 7) is 4.52. The average molecular weight is 319 g/mol. The molecule has 0 amide bonds. The lowest BCUT2D eigenvalue weighted by atomic mass is 10.2. The summed E-state index contributed by atoms with van der Waals surface area (Å²) in [5.74, 6) is 0. The second-order valence-electron chi connectivity index (χ2n) is 4.71. The molecule has 7 heteroatoms. The number of fused-ring (bicyclic) bond motifs is 1. The number of aryl methyl sites for hydroxylation is 2. The Morgan fingerprint density at radius 3 is 2.86 bits per heavy atom. The number of thiazole rings is 1. The molecule has 108 valence electrons. The number of benzene rings is 1. The molecule has 5 nitrogen and oxygen atoms in total. The van der Waals surface area contributed by atoms with Crippen molar-refractivity contribution in [3.63, 3.8) is 0 Å². The molecule has 0 saturated heterocycles. The molecule has 0 spiro atoms. The van der Waals surface area contributed by atoms with Crippen LogP contribution >= 0.6 is 22.7 Å². The molecular formula is C14H13N3O2S2. The van der Waals surface area contributed by atoms with Crippen LogP contribution in [0, 0.1) is 24.0 Å². The van der Waals surface area contributed by atoms with Gasteiger partial charge < -0.3 is 5.32 Å². The van der Waals surface area contributed by atoms with Crippen molar-refractivity contribution in [3.8, 4) is 0 Å². The Bertz CT molecular complexity index is 823. The standard InChI is InChI=1S/C14H13N3O2S2/c1-8-3-4-20-14(8)7-15-10-5-11-13(21-9(2)16-11)6-12(10)17(18)19/h3-6,15H,7H2,1-2H3. The van der Waals surface area contributed by atoms with Crippen LogP contribution in [0.3, 0.4) is 0 Å². The van der Waals surface area contributed by atoms with Crippen molar-refractivity contribution < 1.29 is 4.92 Å². The van der Waals surface area contributed by atoms with Gasteiger partial charge in [0.25, 0.3) is 5.69 Å². The smallest absolute Gasteiger partial charge is 0.293 e. The number of hydrogen-bond donors (Lipinski definition) is 1. The van der Waals surface area contributed by atoms with Crippen molar-refractivity contribution in [2.45, 2.75) is 20.4 Å². The minimum atomic E-state index is -0.349. The highest BCUT2D eigenvalue weighted by atomic mass is 32.1. The summed E-state index contributed by atoms with van der Waals surface area (Å²) in [6.07, 6.45) is 0. The Labute approximate surface area is 129 Å². The lowest BCUT2D eigenvalue weighted by Gasteiger charge is -2.07. The normalized spacial score (nSPS) is 11.0. The van der Waals surface area contributed by atoms with Gasteiger partial charge in [-0.15, -0.1) is 22.7 Å². The third kappa shape index (κ3) is 2.74. The van der Waals surface area contributed by atoms with Crippen LogP contribution in [-0.4, -0.2) is 9.91 Å². The number of rotatable bonds is 4. The van der Waals surface area contributed by atoms with Crippen LogP contribution < -0.4 is 5.32 Å². The third-order valence-electron chi connectivity index (χ3n) is 3.22. The first-order valence-corrected chi connectivity index (χ1v) is 8.06. The summed E-state index contributed by atoms with van der Waals surface area (Å²) in [5.41, 5.74) is 2.61. The average Bonchev–Trinajstić information content (AvgIpc) is 2.99. The van der Waals surface area contributed by atoms with E-state index in [-0.39, 0.29) is 10.6 Å². The highest BCUT2D eigenvalue weighted by Crippen LogP contribution is 2.33. The summed E-state index contributed by atoms with van der Waals surface area (Å²) in [4.78, 5) is 16.5. The fourth-order valence-corrected chi connectivity index (χ4v) is 3.82. The maximum absolute atomic E-state index is 11.3. The zero-order valence-corrected chi connectivity index (χ0v) is 13.2. The molecule has 0 fully saturated rings. The van der Waals surface area contributed by atoms with Crippen LogP contribution in [0.4, 0.5) is 11.4 Å². The first-order chi connectivity index (χ1) is 10.0. The molecule has 0 unspecified atom stereocenters. The Morgan fingerprint density at radius 1 is 1.38 bits per heavy atom. The number of hydrogen-bond acceptors (Lipinski definition) is 6. The monoisotopic (exact) mass is 319 g/mol. The summed E-state index contributed by atoms with van der Waals surface area (Å²) in [7, 11) is 0. The number of nitro groups is 1. The predicted octanol–water partition coefficient (Wildman–Crippen LogP) is 4.49. The van der Waals surface area contributed by atoms with Gasteiger partial charge in [-0.2, -0.15) is 0 Å². The highest BCUT2D eigenvalue weighted by molar-refractivity contribution is 7.18. The van der Waals surface area contributed by atoms with E-state index in [0.717, 1.165) is 15.2 Å². The maximum Gasteiger partial charge on any atom is 0.293 e. The topological polar surface area (TPSA) is 68.1 Å². The van der Waals surface area contributed by atoms with E-state index in [4.69, 9.17) is 0 Å². The molecule has 0 aliphatic heterocycles. The van der Waals surface area contributed by atoms with Crippen molar-refractivity contribution in [1.82, 2.24) is 4.98 Å². The Morgan fingerprint density at radius 2 is 2.19 bits per heavy atom. The van der Waals surface area contributed by atoms with Crippen molar-refractivity contribution in [2.24, 2.45) is 0 Å². The van der Waals surface area contributed by atoms with E-state index in [0.29, 0.717) is 12.2 Å². The van der Waals surface area contributed by atoms with Crippen LogP contribution in [0.1, 0.15) is 15.4 Å². The van der Waals surface area contributed by atoms with E-state index in [1.807, 2.05) is 25.3 Å². The van der Waals surface area contributed by atoms with Gasteiger partial charge in [0.2, 0.25) is 0 Å². The summed E-state index contributed by atoms with van der Waals surface area (Å²) < 4.78 is 0.844. The predicted molar refractivity (Wildman–Crippen MR) is 87.4 cm³/mol. The SMILES string of the molecule is Cc1nc2cc(NCc3sccc3C)c([N+](=O)[O-])cc2s1. The summed E-state index contributed by atoms with van der Waals surface area (Å²) in [6, 6.07) is 5.41. The van der Waals surface area contributed by atoms with Crippen molar-refractivity contribution in [3.05, 3.63) is 49.1 Å². The molecule has 0 aliphatic rings. The molecule has 21 heavy (non-hydrogen) atoms. The largest absolute Gasteiger partial charge is 0.375 e. The first-order valence-electron chi connectivity index (χ1n) is 6.37. The van der Waals surface area contributed by atoms with Gasteiger partial charge in [0.1, 0.15) is 5.69 Å². The quantitative estimate of drug-likeness (QED) is 0.568. The summed E-state index contributed by atoms with van der Waals surface area (Å²) >= 11 is 3.11. The molecule has 2 heterocycles. The molecule has 0 radical (unpaired) electrons. The highest BCUT2D eigenvalue weighted by Gasteiger charge is 2.17. The van der Waals surface area contributed by atoms with Crippen LogP contribution in [-0.2, 0) is 6.54 Å². The minimum Gasteiger partial charge on any atom is -0.375 e. The maximum atomic E-state index is 11.3. The number of aromatic nitrogens is 1. The van der Waals surface area contributed by atoms with Crippen LogP contribution in [0.2, 0.25) is 0 Å². The minimum absolute atomic E-state index is 0.0976. The van der Waals surface area contributed by atoms with E-state index < -0.39 is 0 Å². The lowest BCUT2D eigenvalue weighted by molar-refractivity contribution is -0.383. The van der Waals surface area contributed by atoms with Crippen molar-refractivity contribution in [1.29, 1.82) is 0 Å². The third-order valence-corrected chi connectivity index (χ3v) is 5.17. The molecule has 1 aromatic carbocycles. The fraction of sp³-hybridized carbons (Fsp3) is 0.214. The van der Waals surface area contributed by atoms with E-state index >= 15 is 0 Å². The fourth-order valence-electron chi connectivity index (χ4n) is 2.13. The van der Waals surface area contributed by atoms with Crippen LogP contribution in [0.5, 0.6) is 0 Å². The van der Waals surface area contributed by atoms with Gasteiger partial charge in [-0.1, -0.05) is 0 Å². The number of nitrogens with zero attached hydrogens (tertiary/aromatic N) is 2. The zero-order valence-electron chi connectivity index (χ0n) is 11.5. The van der Waals surface area contributed by atoms with Gasteiger partial charge in [0.05, 0.1) is 20.1 Å². The molecule has 0 saturated carbocycles. The van der Waals surface area contributed by atoms with E-state index in [1.54, 1.807) is 23.5 Å². The van der Waals surface area contributed by atoms with Gasteiger partial charge in [0, 0.05) is 17.5 Å². The number of thiophene rings is 1. The zero-order chi connectivity index (χ0) is 15.0. The van der Waals surface area contributed by atoms with Crippen molar-refractivity contribution in [2.75, 3.05) is 5.32 Å². The molecule has 3 rings (SSSR count). The molecule has 3 aromatic rings. The molecule has 1 N–H and O–H groups in total. The van der Waals surface area contributed by atoms with Crippen LogP contribution in [0.25, 0.3) is 10.2 Å².